The third kappa shape index (κ3) is 8.44. The molecule has 120 valence electrons. The molecule has 2 amide bonds. The fourth-order valence-electron chi connectivity index (χ4n) is 1.18. The van der Waals surface area contributed by atoms with Crippen molar-refractivity contribution in [2.75, 3.05) is 6.54 Å². The normalized spacial score (nSPS) is 12.3. The van der Waals surface area contributed by atoms with E-state index < -0.39 is 55.4 Å². The van der Waals surface area contributed by atoms with E-state index in [1.165, 1.54) is 5.32 Å². The maximum atomic E-state index is 11.8. The van der Waals surface area contributed by atoms with Crippen LogP contribution in [-0.4, -0.2) is 52.7 Å². The molecule has 0 spiro atoms. The van der Waals surface area contributed by atoms with Crippen molar-refractivity contribution in [1.82, 2.24) is 10.6 Å². The molecule has 1 atom stereocenters. The van der Waals surface area contributed by atoms with E-state index in [0.29, 0.717) is 0 Å². The molecule has 0 radical (unpaired) electrons. The Morgan fingerprint density at radius 1 is 1.05 bits per heavy atom. The second-order valence-electron chi connectivity index (χ2n) is 3.89. The van der Waals surface area contributed by atoms with Gasteiger partial charge in [0.05, 0.1) is 0 Å². The van der Waals surface area contributed by atoms with E-state index in [4.69, 9.17) is 10.2 Å². The third-order valence-corrected chi connectivity index (χ3v) is 2.18. The lowest BCUT2D eigenvalue weighted by Gasteiger charge is -2.13. The first-order valence-electron chi connectivity index (χ1n) is 5.63. The van der Waals surface area contributed by atoms with Crippen LogP contribution in [0.25, 0.3) is 0 Å². The molecule has 0 heterocycles. The summed E-state index contributed by atoms with van der Waals surface area (Å²) in [5.41, 5.74) is 0. The van der Waals surface area contributed by atoms with Gasteiger partial charge in [-0.25, -0.2) is 4.79 Å². The zero-order valence-corrected chi connectivity index (χ0v) is 10.6. The number of hydrogen-bond donors (Lipinski definition) is 4. The number of carbonyl (C=O) groups is 4. The van der Waals surface area contributed by atoms with Crippen LogP contribution >= 0.6 is 0 Å². The topological polar surface area (TPSA) is 133 Å². The van der Waals surface area contributed by atoms with Gasteiger partial charge in [0.25, 0.3) is 0 Å². The Morgan fingerprint density at radius 3 is 2.05 bits per heavy atom. The zero-order chi connectivity index (χ0) is 16.6. The summed E-state index contributed by atoms with van der Waals surface area (Å²) < 4.78 is 35.5. The van der Waals surface area contributed by atoms with Gasteiger partial charge >= 0.3 is 24.0 Å². The third-order valence-electron chi connectivity index (χ3n) is 2.18. The number of carboxylic acid groups (broad SMARTS) is 2. The lowest BCUT2D eigenvalue weighted by molar-refractivity contribution is -0.173. The predicted octanol–water partition coefficient (Wildman–Crippen LogP) is -0.511. The van der Waals surface area contributed by atoms with Crippen molar-refractivity contribution < 1.29 is 42.6 Å². The van der Waals surface area contributed by atoms with Gasteiger partial charge in [-0.3, -0.25) is 14.4 Å². The van der Waals surface area contributed by atoms with Crippen LogP contribution in [0.15, 0.2) is 0 Å². The smallest absolute Gasteiger partial charge is 0.471 e. The number of amides is 2. The number of halogens is 3. The second kappa shape index (κ2) is 8.07. The fraction of sp³-hybridized carbons (Fsp3) is 0.600. The molecule has 0 rings (SSSR count). The summed E-state index contributed by atoms with van der Waals surface area (Å²) in [4.78, 5) is 42.7. The average molecular weight is 314 g/mol. The van der Waals surface area contributed by atoms with Crippen LogP contribution in [0.1, 0.15) is 19.3 Å². The summed E-state index contributed by atoms with van der Waals surface area (Å²) in [7, 11) is 0. The maximum Gasteiger partial charge on any atom is 0.471 e. The number of carboxylic acids is 2. The maximum absolute atomic E-state index is 11.8. The summed E-state index contributed by atoms with van der Waals surface area (Å²) in [5, 5.41) is 20.5. The van der Waals surface area contributed by atoms with E-state index in [0.717, 1.165) is 0 Å². The quantitative estimate of drug-likeness (QED) is 0.477. The van der Waals surface area contributed by atoms with Crippen LogP contribution in [0.5, 0.6) is 0 Å². The molecule has 0 aliphatic carbocycles. The Kier molecular flexibility index (Phi) is 7.17. The summed E-state index contributed by atoms with van der Waals surface area (Å²) in [6.45, 7) is -0.630. The molecule has 0 aliphatic heterocycles. The van der Waals surface area contributed by atoms with E-state index in [2.05, 4.69) is 0 Å². The van der Waals surface area contributed by atoms with Crippen LogP contribution < -0.4 is 10.6 Å². The number of hydrogen-bond acceptors (Lipinski definition) is 4. The van der Waals surface area contributed by atoms with Crippen molar-refractivity contribution >= 4 is 23.8 Å². The average Bonchev–Trinajstić information content (AvgIpc) is 2.32. The Morgan fingerprint density at radius 2 is 1.62 bits per heavy atom. The first kappa shape index (κ1) is 18.7. The van der Waals surface area contributed by atoms with Gasteiger partial charge in [-0.2, -0.15) is 13.2 Å². The van der Waals surface area contributed by atoms with Gasteiger partial charge in [-0.05, 0) is 6.42 Å². The van der Waals surface area contributed by atoms with Crippen LogP contribution in [-0.2, 0) is 19.2 Å². The van der Waals surface area contributed by atoms with E-state index in [1.807, 2.05) is 5.32 Å². The summed E-state index contributed by atoms with van der Waals surface area (Å²) in [6, 6.07) is -1.47. The Bertz CT molecular complexity index is 424. The van der Waals surface area contributed by atoms with E-state index in [-0.39, 0.29) is 6.42 Å². The minimum absolute atomic E-state index is 0.370. The van der Waals surface area contributed by atoms with E-state index in [1.54, 1.807) is 0 Å². The van der Waals surface area contributed by atoms with Gasteiger partial charge in [0.2, 0.25) is 5.91 Å². The van der Waals surface area contributed by atoms with Crippen molar-refractivity contribution in [1.29, 1.82) is 0 Å². The number of nitrogens with one attached hydrogen (secondary N) is 2. The van der Waals surface area contributed by atoms with Crippen LogP contribution in [0.3, 0.4) is 0 Å². The lowest BCUT2D eigenvalue weighted by atomic mass is 10.1. The minimum atomic E-state index is -5.07. The highest BCUT2D eigenvalue weighted by atomic mass is 19.4. The molecule has 8 nitrogen and oxygen atoms in total. The Labute approximate surface area is 116 Å². The Balaban J connectivity index is 4.18. The molecule has 0 aromatic heterocycles. The number of carbonyl (C=O) groups excluding carboxylic acids is 2. The molecule has 0 fully saturated rings. The Hall–Kier alpha value is -2.33. The SMILES string of the molecule is O=C(O)CCC(NC(=O)CCNC(=O)C(F)(F)F)C(=O)O. The highest BCUT2D eigenvalue weighted by Crippen LogP contribution is 2.13. The van der Waals surface area contributed by atoms with Gasteiger partial charge < -0.3 is 20.8 Å². The monoisotopic (exact) mass is 314 g/mol. The first-order chi connectivity index (χ1) is 9.54. The molecule has 1 unspecified atom stereocenters. The summed E-state index contributed by atoms with van der Waals surface area (Å²) in [5.74, 6) is -5.86. The molecule has 0 aliphatic rings. The zero-order valence-electron chi connectivity index (χ0n) is 10.6. The molecule has 4 N–H and O–H groups in total. The molecule has 0 saturated heterocycles. The van der Waals surface area contributed by atoms with Crippen molar-refractivity contribution in [2.45, 2.75) is 31.5 Å². The van der Waals surface area contributed by atoms with Crippen LogP contribution in [0.4, 0.5) is 13.2 Å². The molecule has 0 bridgehead atoms. The second-order valence-corrected chi connectivity index (χ2v) is 3.89. The first-order valence-corrected chi connectivity index (χ1v) is 5.63. The van der Waals surface area contributed by atoms with Gasteiger partial charge in [0.1, 0.15) is 6.04 Å². The molecule has 21 heavy (non-hydrogen) atoms. The predicted molar refractivity (Wildman–Crippen MR) is 60.1 cm³/mol. The largest absolute Gasteiger partial charge is 0.481 e. The van der Waals surface area contributed by atoms with Crippen molar-refractivity contribution in [3.05, 3.63) is 0 Å². The van der Waals surface area contributed by atoms with E-state index in [9.17, 15) is 32.3 Å². The number of alkyl halides is 3. The molecule has 0 aromatic rings. The molecular weight excluding hydrogens is 301 g/mol. The molecule has 0 aromatic carbocycles. The van der Waals surface area contributed by atoms with Crippen molar-refractivity contribution in [3.8, 4) is 0 Å². The van der Waals surface area contributed by atoms with Crippen molar-refractivity contribution in [2.24, 2.45) is 0 Å². The molecule has 0 saturated carbocycles. The lowest BCUT2D eigenvalue weighted by Crippen LogP contribution is -2.43. The summed E-state index contributed by atoms with van der Waals surface area (Å²) >= 11 is 0. The van der Waals surface area contributed by atoms with Gasteiger partial charge in [-0.15, -0.1) is 0 Å². The van der Waals surface area contributed by atoms with Gasteiger partial charge in [-0.1, -0.05) is 0 Å². The van der Waals surface area contributed by atoms with Crippen molar-refractivity contribution in [3.63, 3.8) is 0 Å². The molecular formula is C10H13F3N2O6. The van der Waals surface area contributed by atoms with Crippen LogP contribution in [0.2, 0.25) is 0 Å². The van der Waals surface area contributed by atoms with Gasteiger partial charge in [0.15, 0.2) is 0 Å². The van der Waals surface area contributed by atoms with E-state index >= 15 is 0 Å². The standard InChI is InChI=1S/C10H13F3N2O6/c11-10(12,13)9(21)14-4-3-6(16)15-5(8(19)20)1-2-7(17)18/h5H,1-4H2,(H,14,21)(H,15,16)(H,17,18)(H,19,20). The number of aliphatic carboxylic acids is 2. The van der Waals surface area contributed by atoms with Gasteiger partial charge in [0, 0.05) is 19.4 Å². The molecule has 11 heteroatoms. The highest BCUT2D eigenvalue weighted by molar-refractivity contribution is 5.85. The minimum Gasteiger partial charge on any atom is -0.481 e. The van der Waals surface area contributed by atoms with Crippen LogP contribution in [0, 0.1) is 0 Å². The number of rotatable bonds is 8. The highest BCUT2D eigenvalue weighted by Gasteiger charge is 2.38. The summed E-state index contributed by atoms with van der Waals surface area (Å²) in [6.07, 6.45) is -6.51. The fourth-order valence-corrected chi connectivity index (χ4v) is 1.18.